The number of unbranched alkanes of at least 4 members (excludes halogenated alkanes) is 1. The number of carbonyl (C=O) groups excluding carboxylic acids is 4. The van der Waals surface area contributed by atoms with Crippen LogP contribution in [0.5, 0.6) is 0 Å². The topological polar surface area (TPSA) is 242 Å². The maximum absolute atomic E-state index is 17.6. The lowest BCUT2D eigenvalue weighted by molar-refractivity contribution is -0.492. The predicted molar refractivity (Wildman–Crippen MR) is 152 cm³/mol. The van der Waals surface area contributed by atoms with Gasteiger partial charge in [-0.25, -0.2) is 9.18 Å². The van der Waals surface area contributed by atoms with Crippen molar-refractivity contribution in [1.29, 1.82) is 0 Å². The molecule has 0 aromatic heterocycles. The van der Waals surface area contributed by atoms with Crippen LogP contribution in [0.1, 0.15) is 65.2 Å². The number of alkyl halides is 1. The third-order valence-corrected chi connectivity index (χ3v) is 10.5. The van der Waals surface area contributed by atoms with Crippen LogP contribution < -0.4 is 0 Å². The van der Waals surface area contributed by atoms with E-state index in [4.69, 9.17) is 35.0 Å². The molecule has 0 bridgehead atoms. The Hall–Kier alpha value is -2.91. The number of carbonyl (C=O) groups is 4. The minimum atomic E-state index is -2.40. The fourth-order valence-electron chi connectivity index (χ4n) is 8.33. The second-order valence-electron chi connectivity index (χ2n) is 13.0. The highest BCUT2D eigenvalue weighted by atomic mass is 19.1. The number of hydrogen-bond donors (Lipinski definition) is 6. The van der Waals surface area contributed by atoms with Gasteiger partial charge in [-0.1, -0.05) is 18.6 Å². The van der Waals surface area contributed by atoms with Crippen molar-refractivity contribution in [3.8, 4) is 0 Å². The molecule has 0 heterocycles. The molecule has 270 valence electrons. The molecule has 3 saturated carbocycles. The Morgan fingerprint density at radius 1 is 0.938 bits per heavy atom. The van der Waals surface area contributed by atoms with E-state index in [0.717, 1.165) is 0 Å². The minimum Gasteiger partial charge on any atom is -0.447 e. The Morgan fingerprint density at radius 3 is 2.25 bits per heavy atom. The van der Waals surface area contributed by atoms with Gasteiger partial charge in [0.15, 0.2) is 18.1 Å². The normalized spacial score (nSPS) is 35.5. The molecule has 6 N–H and O–H groups in total. The van der Waals surface area contributed by atoms with Crippen molar-refractivity contribution in [2.45, 2.75) is 88.7 Å². The average Bonchev–Trinajstić information content (AvgIpc) is 3.22. The molecule has 2 unspecified atom stereocenters. The molecule has 17 nitrogen and oxygen atoms in total. The standard InChI is InChI=1S/C30H43FN2O15/c1-27-10-9-19(34)14-18(27)7-8-20-21-15-22(35)30(28(21,2)16-23(36)29(20,27)31,48-25(38)6-5-13-47-33(42)43)24(37)17-45-26(39)44-11-3-4-12-46-32(40)41/h9-10,14,20-23,35-36,40-43H,3-8,11-13,15-17H2,1-2H3/t20?,21?,22-,23+,27+,28+,29+,30+/m1/s1. The third kappa shape index (κ3) is 6.91. The smallest absolute Gasteiger partial charge is 0.447 e. The maximum Gasteiger partial charge on any atom is 0.508 e. The van der Waals surface area contributed by atoms with Gasteiger partial charge in [-0.2, -0.15) is 0 Å². The minimum absolute atomic E-state index is 0.0992. The van der Waals surface area contributed by atoms with E-state index in [1.807, 2.05) is 0 Å². The number of ketones is 2. The van der Waals surface area contributed by atoms with Gasteiger partial charge in [-0.15, -0.1) is 0 Å². The van der Waals surface area contributed by atoms with Crippen LogP contribution in [-0.2, 0) is 38.3 Å². The monoisotopic (exact) mass is 690 g/mol. The number of hydrogen-bond acceptors (Lipinski definition) is 17. The molecule has 4 aliphatic rings. The van der Waals surface area contributed by atoms with E-state index in [0.29, 0.717) is 12.0 Å². The van der Waals surface area contributed by atoms with Gasteiger partial charge in [0, 0.05) is 23.2 Å². The van der Waals surface area contributed by atoms with Crippen molar-refractivity contribution in [1.82, 2.24) is 10.8 Å². The number of ether oxygens (including phenoxy) is 3. The zero-order valence-electron chi connectivity index (χ0n) is 26.7. The molecule has 3 fully saturated rings. The molecule has 0 saturated heterocycles. The van der Waals surface area contributed by atoms with Crippen LogP contribution in [0.25, 0.3) is 0 Å². The van der Waals surface area contributed by atoms with Gasteiger partial charge >= 0.3 is 12.1 Å². The fraction of sp³-hybridized carbons (Fsp3) is 0.733. The summed E-state index contributed by atoms with van der Waals surface area (Å²) in [6, 6.07) is 0. The lowest BCUT2D eigenvalue weighted by Gasteiger charge is -2.62. The number of aliphatic hydroxyl groups excluding tert-OH is 2. The van der Waals surface area contributed by atoms with E-state index in [9.17, 15) is 29.4 Å². The average molecular weight is 691 g/mol. The van der Waals surface area contributed by atoms with Crippen molar-refractivity contribution in [3.63, 3.8) is 0 Å². The lowest BCUT2D eigenvalue weighted by atomic mass is 9.44. The number of Topliss-reactive ketones (excluding diaryl/α,β-unsaturated/α-hetero) is 1. The Bertz CT molecular complexity index is 1290. The number of esters is 1. The number of allylic oxidation sites excluding steroid dienone is 4. The molecule has 0 amide bonds. The van der Waals surface area contributed by atoms with Gasteiger partial charge in [0.25, 0.3) is 0 Å². The number of nitrogens with zero attached hydrogens (tertiary/aromatic N) is 2. The number of aliphatic hydroxyl groups is 2. The summed E-state index contributed by atoms with van der Waals surface area (Å²) in [5.74, 6) is -4.07. The van der Waals surface area contributed by atoms with Crippen LogP contribution in [0.3, 0.4) is 0 Å². The molecule has 8 atom stereocenters. The Kier molecular flexibility index (Phi) is 11.8. The Balaban J connectivity index is 1.58. The molecule has 4 rings (SSSR count). The zero-order valence-corrected chi connectivity index (χ0v) is 26.7. The summed E-state index contributed by atoms with van der Waals surface area (Å²) < 4.78 is 33.3. The highest BCUT2D eigenvalue weighted by molar-refractivity contribution is 6.01. The summed E-state index contributed by atoms with van der Waals surface area (Å²) in [6.45, 7) is 1.50. The summed E-state index contributed by atoms with van der Waals surface area (Å²) in [7, 11) is 0. The molecule has 0 aliphatic heterocycles. The first-order valence-corrected chi connectivity index (χ1v) is 15.7. The van der Waals surface area contributed by atoms with E-state index in [2.05, 4.69) is 9.68 Å². The van der Waals surface area contributed by atoms with Gasteiger partial charge in [-0.3, -0.25) is 44.9 Å². The first-order valence-electron chi connectivity index (χ1n) is 15.7. The third-order valence-electron chi connectivity index (χ3n) is 10.5. The van der Waals surface area contributed by atoms with Crippen molar-refractivity contribution >= 4 is 23.7 Å². The summed E-state index contributed by atoms with van der Waals surface area (Å²) in [5.41, 5.74) is -7.10. The SMILES string of the molecule is C[C@]12C=CC(=O)C=C1CCC1C3C[C@@H](O)[C@](OC(=O)CCCON(O)O)(C(=O)COC(=O)OCCCCON(O)O)[C@@]3(C)C[C@H](O)[C@@]12F. The molecule has 0 radical (unpaired) electrons. The summed E-state index contributed by atoms with van der Waals surface area (Å²) in [4.78, 5) is 60.5. The number of rotatable bonds is 15. The molecule has 0 aromatic rings. The molecule has 48 heavy (non-hydrogen) atoms. The summed E-state index contributed by atoms with van der Waals surface area (Å²) in [5, 5.41) is 56.8. The van der Waals surface area contributed by atoms with E-state index in [1.165, 1.54) is 25.2 Å². The molecule has 4 aliphatic carbocycles. The van der Waals surface area contributed by atoms with E-state index < -0.39 is 94.3 Å². The quantitative estimate of drug-likeness (QED) is 0.0816. The zero-order chi connectivity index (χ0) is 35.5. The first kappa shape index (κ1) is 37.9. The maximum atomic E-state index is 17.6. The van der Waals surface area contributed by atoms with E-state index in [-0.39, 0.29) is 57.7 Å². The van der Waals surface area contributed by atoms with Gasteiger partial charge in [0.05, 0.1) is 36.7 Å². The van der Waals surface area contributed by atoms with Crippen LogP contribution in [0.4, 0.5) is 9.18 Å². The van der Waals surface area contributed by atoms with E-state index >= 15 is 4.39 Å². The van der Waals surface area contributed by atoms with Crippen LogP contribution in [0.15, 0.2) is 23.8 Å². The first-order chi connectivity index (χ1) is 22.5. The van der Waals surface area contributed by atoms with Gasteiger partial charge in [0.2, 0.25) is 11.4 Å². The van der Waals surface area contributed by atoms with Gasteiger partial charge < -0.3 is 24.4 Å². The van der Waals surface area contributed by atoms with Crippen LogP contribution in [-0.4, -0.2) is 115 Å². The van der Waals surface area contributed by atoms with Gasteiger partial charge in [0.1, 0.15) is 6.10 Å². The molecule has 0 spiro atoms. The van der Waals surface area contributed by atoms with E-state index in [1.54, 1.807) is 6.92 Å². The second-order valence-corrected chi connectivity index (χ2v) is 13.0. The Morgan fingerprint density at radius 2 is 1.58 bits per heavy atom. The summed E-state index contributed by atoms with van der Waals surface area (Å²) >= 11 is 0. The van der Waals surface area contributed by atoms with Crippen molar-refractivity contribution < 1.29 is 78.5 Å². The molecule has 0 aromatic carbocycles. The van der Waals surface area contributed by atoms with Crippen molar-refractivity contribution in [2.24, 2.45) is 22.7 Å². The van der Waals surface area contributed by atoms with Crippen LogP contribution in [0.2, 0.25) is 0 Å². The molecular formula is C30H43FN2O15. The highest BCUT2D eigenvalue weighted by Gasteiger charge is 2.78. The molecular weight excluding hydrogens is 647 g/mol. The number of halogens is 1. The van der Waals surface area contributed by atoms with Crippen LogP contribution >= 0.6 is 0 Å². The highest BCUT2D eigenvalue weighted by Crippen LogP contribution is 2.70. The largest absolute Gasteiger partial charge is 0.508 e. The fourth-order valence-corrected chi connectivity index (χ4v) is 8.33. The van der Waals surface area contributed by atoms with Crippen molar-refractivity contribution in [3.05, 3.63) is 23.8 Å². The number of fused-ring (bicyclic) bond motifs is 5. The summed E-state index contributed by atoms with van der Waals surface area (Å²) in [6.07, 6.45) is -0.798. The Labute approximate surface area is 274 Å². The van der Waals surface area contributed by atoms with Crippen molar-refractivity contribution in [2.75, 3.05) is 26.4 Å². The van der Waals surface area contributed by atoms with Gasteiger partial charge in [-0.05, 0) is 69.9 Å². The lowest BCUT2D eigenvalue weighted by Crippen LogP contribution is -2.70. The predicted octanol–water partition coefficient (Wildman–Crippen LogP) is 1.92. The van der Waals surface area contributed by atoms with Crippen LogP contribution in [0, 0.1) is 22.7 Å². The molecule has 18 heteroatoms. The second kappa shape index (κ2) is 14.9.